The van der Waals surface area contributed by atoms with Gasteiger partial charge in [0, 0.05) is 39.9 Å². The fraction of sp³-hybridized carbons (Fsp3) is 0.233. The van der Waals surface area contributed by atoms with Crippen molar-refractivity contribution in [1.29, 1.82) is 0 Å². The molecule has 0 aliphatic heterocycles. The minimum atomic E-state index is -0.769. The highest BCUT2D eigenvalue weighted by Gasteiger charge is 2.54. The summed E-state index contributed by atoms with van der Waals surface area (Å²) in [7, 11) is 0. The summed E-state index contributed by atoms with van der Waals surface area (Å²) in [5.41, 5.74) is 19.5. The first-order valence-corrected chi connectivity index (χ1v) is 27.7. The Hall–Kier alpha value is -8.28. The van der Waals surface area contributed by atoms with Crippen molar-refractivity contribution in [1.82, 2.24) is 9.97 Å². The van der Waals surface area contributed by atoms with E-state index in [0.29, 0.717) is 0 Å². The first-order chi connectivity index (χ1) is 37.2. The lowest BCUT2D eigenvalue weighted by molar-refractivity contribution is 0.587. The van der Waals surface area contributed by atoms with Crippen molar-refractivity contribution < 1.29 is 4.42 Å². The van der Waals surface area contributed by atoms with Crippen LogP contribution in [0.4, 0.5) is 34.4 Å². The molecule has 0 atom stereocenters. The maximum absolute atomic E-state index is 7.36. The van der Waals surface area contributed by atoms with Crippen LogP contribution in [-0.4, -0.2) is 9.97 Å². The van der Waals surface area contributed by atoms with Crippen LogP contribution in [0.25, 0.3) is 55.0 Å². The number of pyridine rings is 2. The minimum Gasteiger partial charge on any atom is -0.454 e. The van der Waals surface area contributed by atoms with Gasteiger partial charge in [-0.15, -0.1) is 0 Å². The molecule has 1 spiro atoms. The molecule has 11 aromatic rings. The number of para-hydroxylation sites is 1. The van der Waals surface area contributed by atoms with Crippen molar-refractivity contribution in [3.05, 3.63) is 239 Å². The molecule has 3 aromatic heterocycles. The van der Waals surface area contributed by atoms with Gasteiger partial charge in [-0.3, -0.25) is 9.80 Å². The third-order valence-corrected chi connectivity index (χ3v) is 16.8. The third kappa shape index (κ3) is 7.56. The van der Waals surface area contributed by atoms with Gasteiger partial charge in [0.25, 0.3) is 0 Å². The number of aromatic nitrogens is 2. The summed E-state index contributed by atoms with van der Waals surface area (Å²) >= 11 is 0. The zero-order valence-corrected chi connectivity index (χ0v) is 47.2. The number of rotatable bonds is 6. The van der Waals surface area contributed by atoms with Crippen LogP contribution in [0, 0.1) is 0 Å². The van der Waals surface area contributed by atoms with Gasteiger partial charge < -0.3 is 4.42 Å². The van der Waals surface area contributed by atoms with E-state index in [4.69, 9.17) is 14.4 Å². The number of anilines is 6. The van der Waals surface area contributed by atoms with E-state index in [1.54, 1.807) is 0 Å². The molecule has 5 nitrogen and oxygen atoms in total. The molecule has 0 fully saturated rings. The molecule has 0 unspecified atom stereocenters. The number of hydrogen-bond donors (Lipinski definition) is 0. The number of hydrogen-bond acceptors (Lipinski definition) is 5. The van der Waals surface area contributed by atoms with E-state index >= 15 is 0 Å². The zero-order valence-electron chi connectivity index (χ0n) is 47.2. The average molecular weight is 1020 g/mol. The second-order valence-electron chi connectivity index (χ2n) is 25.9. The molecule has 0 saturated heterocycles. The highest BCUT2D eigenvalue weighted by Crippen LogP contribution is 2.67. The molecular formula is C73H68N4O. The molecule has 2 aliphatic rings. The number of benzene rings is 8. The average Bonchev–Trinajstić information content (AvgIpc) is 2.99. The molecular weight excluding hydrogens is 949 g/mol. The highest BCUT2D eigenvalue weighted by molar-refractivity contribution is 6.24. The summed E-state index contributed by atoms with van der Waals surface area (Å²) in [4.78, 5) is 15.5. The number of nitrogens with zero attached hydrogens (tertiary/aromatic N) is 4. The summed E-state index contributed by atoms with van der Waals surface area (Å²) in [5, 5.41) is 4.46. The summed E-state index contributed by atoms with van der Waals surface area (Å²) < 4.78 is 7.36. The van der Waals surface area contributed by atoms with E-state index in [2.05, 4.69) is 287 Å². The van der Waals surface area contributed by atoms with Crippen molar-refractivity contribution in [2.45, 2.75) is 110 Å². The van der Waals surface area contributed by atoms with E-state index in [1.165, 1.54) is 72.1 Å². The molecule has 0 radical (unpaired) electrons. The summed E-state index contributed by atoms with van der Waals surface area (Å²) in [6.07, 6.45) is 4.12. The van der Waals surface area contributed by atoms with Gasteiger partial charge in [-0.05, 0) is 148 Å². The van der Waals surface area contributed by atoms with Crippen LogP contribution in [0.3, 0.4) is 0 Å². The first-order valence-electron chi connectivity index (χ1n) is 27.7. The molecule has 78 heavy (non-hydrogen) atoms. The minimum absolute atomic E-state index is 0.0174. The molecule has 0 saturated carbocycles. The summed E-state index contributed by atoms with van der Waals surface area (Å²) in [6.45, 7) is 27.2. The van der Waals surface area contributed by atoms with E-state index in [9.17, 15) is 0 Å². The predicted molar refractivity (Wildman–Crippen MR) is 327 cm³/mol. The lowest BCUT2D eigenvalue weighted by Gasteiger charge is -2.34. The lowest BCUT2D eigenvalue weighted by atomic mass is 9.70. The van der Waals surface area contributed by atoms with Crippen LogP contribution in [0.15, 0.2) is 199 Å². The van der Waals surface area contributed by atoms with Crippen molar-refractivity contribution in [2.24, 2.45) is 0 Å². The van der Waals surface area contributed by atoms with Crippen LogP contribution in [0.5, 0.6) is 0 Å². The second-order valence-corrected chi connectivity index (χ2v) is 25.9. The van der Waals surface area contributed by atoms with Gasteiger partial charge in [-0.2, -0.15) is 0 Å². The molecule has 386 valence electrons. The van der Waals surface area contributed by atoms with Gasteiger partial charge in [0.2, 0.25) is 0 Å². The van der Waals surface area contributed by atoms with Crippen molar-refractivity contribution in [3.63, 3.8) is 0 Å². The standard InChI is InChI=1S/C73H68N4O/c1-69(2,3)45-29-35-49(36-30-45)76(63-39-33-47(43-74-63)71(7,8)9)60-41-58-65(54-24-14-13-23-53(54)60)67-59(73(58)56-26-18-15-21-51(56)52-22-16-19-27-57(52)73)42-61(68-66(67)55-25-17-20-28-62(55)78-68)77(50-37-31-46(32-38-50)70(4,5)6)64-40-34-48(44-75-64)72(10,11)12/h13-44H,1-12H3. The van der Waals surface area contributed by atoms with Crippen LogP contribution in [0.1, 0.15) is 128 Å². The van der Waals surface area contributed by atoms with Crippen LogP contribution in [0.2, 0.25) is 0 Å². The fourth-order valence-corrected chi connectivity index (χ4v) is 12.6. The SMILES string of the molecule is CC(C)(C)c1ccc(N(c2ccc(C(C)(C)C)cn2)c2cc3c(c4ccccc24)-c2c(cc(N(c4ccc(C(C)(C)C)cc4)c4ccc(C(C)(C)C)cn4)c4oc5ccccc5c24)C32c3ccccc3-c3ccccc32)cc1. The Kier molecular flexibility index (Phi) is 11.0. The van der Waals surface area contributed by atoms with Crippen LogP contribution >= 0.6 is 0 Å². The maximum Gasteiger partial charge on any atom is 0.160 e. The topological polar surface area (TPSA) is 45.4 Å². The number of furan rings is 1. The van der Waals surface area contributed by atoms with E-state index in [0.717, 1.165) is 61.7 Å². The van der Waals surface area contributed by atoms with Crippen LogP contribution in [-0.2, 0) is 27.1 Å². The van der Waals surface area contributed by atoms with Crippen LogP contribution < -0.4 is 9.80 Å². The van der Waals surface area contributed by atoms with Gasteiger partial charge in [0.1, 0.15) is 17.2 Å². The Labute approximate surface area is 460 Å². The lowest BCUT2D eigenvalue weighted by Crippen LogP contribution is -2.27. The highest BCUT2D eigenvalue weighted by atomic mass is 16.3. The Bertz CT molecular complexity index is 3990. The first kappa shape index (κ1) is 49.3. The quantitative estimate of drug-likeness (QED) is 0.166. The Balaban J connectivity index is 1.19. The Morgan fingerprint density at radius 3 is 1.27 bits per heavy atom. The van der Waals surface area contributed by atoms with E-state index in [-0.39, 0.29) is 21.7 Å². The van der Waals surface area contributed by atoms with Crippen molar-refractivity contribution >= 4 is 67.1 Å². The third-order valence-electron chi connectivity index (χ3n) is 16.8. The fourth-order valence-electron chi connectivity index (χ4n) is 12.6. The molecule has 5 heteroatoms. The summed E-state index contributed by atoms with van der Waals surface area (Å²) in [5.74, 6) is 1.67. The van der Waals surface area contributed by atoms with Gasteiger partial charge in [0.05, 0.1) is 16.8 Å². The largest absolute Gasteiger partial charge is 0.454 e. The second kappa shape index (κ2) is 17.4. The molecule has 0 N–H and O–H groups in total. The molecule has 0 bridgehead atoms. The number of fused-ring (bicyclic) bond motifs is 16. The van der Waals surface area contributed by atoms with Gasteiger partial charge >= 0.3 is 0 Å². The molecule has 2 aliphatic carbocycles. The smallest absolute Gasteiger partial charge is 0.160 e. The zero-order chi connectivity index (χ0) is 54.3. The molecule has 8 aromatic carbocycles. The van der Waals surface area contributed by atoms with Gasteiger partial charge in [0.15, 0.2) is 5.58 Å². The maximum atomic E-state index is 7.36. The van der Waals surface area contributed by atoms with E-state index in [1.807, 2.05) is 0 Å². The Morgan fingerprint density at radius 1 is 0.372 bits per heavy atom. The Morgan fingerprint density at radius 2 is 0.782 bits per heavy atom. The normalized spacial score (nSPS) is 13.7. The van der Waals surface area contributed by atoms with Gasteiger partial charge in [-0.25, -0.2) is 9.97 Å². The summed E-state index contributed by atoms with van der Waals surface area (Å²) in [6, 6.07) is 68.0. The molecule has 3 heterocycles. The molecule has 0 amide bonds. The van der Waals surface area contributed by atoms with Crippen molar-refractivity contribution in [3.8, 4) is 22.3 Å². The van der Waals surface area contributed by atoms with Crippen molar-refractivity contribution in [2.75, 3.05) is 9.80 Å². The van der Waals surface area contributed by atoms with Gasteiger partial charge in [-0.1, -0.05) is 210 Å². The monoisotopic (exact) mass is 1020 g/mol. The predicted octanol–water partition coefficient (Wildman–Crippen LogP) is 20.0. The van der Waals surface area contributed by atoms with E-state index < -0.39 is 5.41 Å². The molecule has 13 rings (SSSR count).